The minimum absolute atomic E-state index is 1.29. The van der Waals surface area contributed by atoms with Crippen LogP contribution < -0.4 is 0 Å². The number of allylic oxidation sites excluding steroid dienone is 1. The predicted molar refractivity (Wildman–Crippen MR) is 138 cm³/mol. The molecule has 0 aliphatic carbocycles. The Morgan fingerprint density at radius 2 is 0.742 bits per heavy atom. The molecule has 31 heavy (non-hydrogen) atoms. The van der Waals surface area contributed by atoms with E-state index in [-0.39, 0.29) is 0 Å². The monoisotopic (exact) mass is 410 g/mol. The van der Waals surface area contributed by atoms with Gasteiger partial charge in [0.05, 0.1) is 0 Å². The van der Waals surface area contributed by atoms with Crippen molar-refractivity contribution in [2.24, 2.45) is 0 Å². The van der Waals surface area contributed by atoms with Crippen molar-refractivity contribution in [2.45, 2.75) is 76.2 Å². The van der Waals surface area contributed by atoms with E-state index < -0.39 is 0 Å². The second kappa shape index (κ2) is 8.50. The van der Waals surface area contributed by atoms with Crippen molar-refractivity contribution >= 4 is 11.1 Å². The molecular formula is C31H38. The van der Waals surface area contributed by atoms with E-state index in [2.05, 4.69) is 106 Å². The van der Waals surface area contributed by atoms with E-state index >= 15 is 0 Å². The van der Waals surface area contributed by atoms with Crippen LogP contribution in [0, 0.1) is 69.2 Å². The lowest BCUT2D eigenvalue weighted by molar-refractivity contribution is 1.15. The summed E-state index contributed by atoms with van der Waals surface area (Å²) in [5.74, 6) is 0. The molecule has 0 radical (unpaired) electrons. The van der Waals surface area contributed by atoms with Crippen LogP contribution in [0.15, 0.2) is 30.3 Å². The zero-order valence-electron chi connectivity index (χ0n) is 21.4. The Morgan fingerprint density at radius 3 is 1.13 bits per heavy atom. The van der Waals surface area contributed by atoms with Gasteiger partial charge >= 0.3 is 0 Å². The fourth-order valence-corrected chi connectivity index (χ4v) is 5.22. The van der Waals surface area contributed by atoms with Crippen LogP contribution in [-0.4, -0.2) is 0 Å². The van der Waals surface area contributed by atoms with Gasteiger partial charge in [-0.3, -0.25) is 0 Å². The Labute approximate surface area is 190 Å². The lowest BCUT2D eigenvalue weighted by Crippen LogP contribution is -2.07. The molecule has 3 rings (SSSR count). The maximum absolute atomic E-state index is 2.33. The summed E-state index contributed by atoms with van der Waals surface area (Å²) in [6, 6.07) is 11.0. The van der Waals surface area contributed by atoms with E-state index in [1.165, 1.54) is 83.5 Å². The van der Waals surface area contributed by atoms with E-state index in [0.717, 1.165) is 0 Å². The topological polar surface area (TPSA) is 0 Å². The minimum Gasteiger partial charge on any atom is -0.0622 e. The fraction of sp³-hybridized carbons (Fsp3) is 0.355. The Bertz CT molecular complexity index is 1140. The summed E-state index contributed by atoms with van der Waals surface area (Å²) < 4.78 is 0. The number of hydrogen-bond acceptors (Lipinski definition) is 0. The standard InChI is InChI=1S/C31H38/c1-17-19(3)23(7)29(24(8)20(17)4)27(11)31(28-15-13-12-14-16-28)30-25(9)21(5)18(2)22(6)26(30)10/h12-16H,1-11H3/b31-27-. The summed E-state index contributed by atoms with van der Waals surface area (Å²) in [7, 11) is 0. The van der Waals surface area contributed by atoms with Crippen molar-refractivity contribution in [3.63, 3.8) is 0 Å². The molecule has 0 saturated carbocycles. The molecule has 0 atom stereocenters. The Morgan fingerprint density at radius 1 is 0.419 bits per heavy atom. The highest BCUT2D eigenvalue weighted by Crippen LogP contribution is 2.41. The highest BCUT2D eigenvalue weighted by molar-refractivity contribution is 6.01. The fourth-order valence-electron chi connectivity index (χ4n) is 5.22. The van der Waals surface area contributed by atoms with Crippen LogP contribution in [-0.2, 0) is 0 Å². The molecule has 0 fully saturated rings. The zero-order valence-corrected chi connectivity index (χ0v) is 21.4. The van der Waals surface area contributed by atoms with Crippen LogP contribution in [0.3, 0.4) is 0 Å². The van der Waals surface area contributed by atoms with Gasteiger partial charge < -0.3 is 0 Å². The molecule has 0 amide bonds. The van der Waals surface area contributed by atoms with Crippen LogP contribution in [0.25, 0.3) is 11.1 Å². The summed E-state index contributed by atoms with van der Waals surface area (Å²) in [6.45, 7) is 25.1. The van der Waals surface area contributed by atoms with Crippen LogP contribution in [0.4, 0.5) is 0 Å². The molecule has 0 aliphatic heterocycles. The van der Waals surface area contributed by atoms with E-state index in [4.69, 9.17) is 0 Å². The summed E-state index contributed by atoms with van der Waals surface area (Å²) in [5.41, 5.74) is 20.9. The second-order valence-corrected chi connectivity index (χ2v) is 9.37. The molecule has 0 saturated heterocycles. The third kappa shape index (κ3) is 3.67. The number of hydrogen-bond donors (Lipinski definition) is 0. The van der Waals surface area contributed by atoms with Crippen molar-refractivity contribution in [3.8, 4) is 0 Å². The largest absolute Gasteiger partial charge is 0.0622 e. The van der Waals surface area contributed by atoms with Crippen LogP contribution in [0.5, 0.6) is 0 Å². The molecule has 0 aromatic heterocycles. The first kappa shape index (κ1) is 23.1. The van der Waals surface area contributed by atoms with Crippen molar-refractivity contribution < 1.29 is 0 Å². The Kier molecular flexibility index (Phi) is 6.33. The van der Waals surface area contributed by atoms with Gasteiger partial charge in [0.2, 0.25) is 0 Å². The molecule has 162 valence electrons. The van der Waals surface area contributed by atoms with Gasteiger partial charge in [-0.2, -0.15) is 0 Å². The van der Waals surface area contributed by atoms with Gasteiger partial charge in [0.25, 0.3) is 0 Å². The van der Waals surface area contributed by atoms with Gasteiger partial charge in [-0.15, -0.1) is 0 Å². The lowest BCUT2D eigenvalue weighted by atomic mass is 9.78. The molecule has 0 nitrogen and oxygen atoms in total. The summed E-state index contributed by atoms with van der Waals surface area (Å²) in [5, 5.41) is 0. The van der Waals surface area contributed by atoms with Gasteiger partial charge in [0.15, 0.2) is 0 Å². The normalized spacial score (nSPS) is 12.2. The van der Waals surface area contributed by atoms with E-state index in [1.807, 2.05) is 0 Å². The zero-order chi connectivity index (χ0) is 23.2. The van der Waals surface area contributed by atoms with Gasteiger partial charge in [0, 0.05) is 0 Å². The molecule has 3 aromatic carbocycles. The quantitative estimate of drug-likeness (QED) is 0.379. The second-order valence-electron chi connectivity index (χ2n) is 9.37. The highest BCUT2D eigenvalue weighted by Gasteiger charge is 2.22. The maximum Gasteiger partial charge on any atom is -0.00704 e. The molecule has 0 bridgehead atoms. The molecule has 0 heteroatoms. The SMILES string of the molecule is C/C(=C(\c1ccccc1)c1c(C)c(C)c(C)c(C)c1C)c1c(C)c(C)c(C)c(C)c1C. The van der Waals surface area contributed by atoms with Crippen LogP contribution in [0.2, 0.25) is 0 Å². The Balaban J connectivity index is 2.56. The molecular weight excluding hydrogens is 372 g/mol. The lowest BCUT2D eigenvalue weighted by Gasteiger charge is -2.26. The van der Waals surface area contributed by atoms with Crippen molar-refractivity contribution in [2.75, 3.05) is 0 Å². The van der Waals surface area contributed by atoms with Crippen LogP contribution >= 0.6 is 0 Å². The predicted octanol–water partition coefficient (Wildman–Crippen LogP) is 8.75. The first-order valence-corrected chi connectivity index (χ1v) is 11.4. The maximum atomic E-state index is 2.33. The third-order valence-corrected chi connectivity index (χ3v) is 8.06. The van der Waals surface area contributed by atoms with E-state index in [0.29, 0.717) is 0 Å². The summed E-state index contributed by atoms with van der Waals surface area (Å²) >= 11 is 0. The van der Waals surface area contributed by atoms with Gasteiger partial charge in [-0.05, 0) is 160 Å². The Hall–Kier alpha value is -2.60. The highest BCUT2D eigenvalue weighted by atomic mass is 14.3. The van der Waals surface area contributed by atoms with E-state index in [1.54, 1.807) is 0 Å². The summed E-state index contributed by atoms with van der Waals surface area (Å²) in [4.78, 5) is 0. The molecule has 0 aliphatic rings. The number of benzene rings is 3. The van der Waals surface area contributed by atoms with Crippen LogP contribution in [0.1, 0.15) is 79.2 Å². The van der Waals surface area contributed by atoms with Gasteiger partial charge in [0.1, 0.15) is 0 Å². The molecule has 0 heterocycles. The van der Waals surface area contributed by atoms with Crippen molar-refractivity contribution in [1.29, 1.82) is 0 Å². The third-order valence-electron chi connectivity index (χ3n) is 8.06. The van der Waals surface area contributed by atoms with E-state index in [9.17, 15) is 0 Å². The summed E-state index contributed by atoms with van der Waals surface area (Å²) in [6.07, 6.45) is 0. The average molecular weight is 411 g/mol. The first-order valence-electron chi connectivity index (χ1n) is 11.4. The molecule has 0 N–H and O–H groups in total. The molecule has 3 aromatic rings. The first-order chi connectivity index (χ1) is 14.5. The average Bonchev–Trinajstić information content (AvgIpc) is 2.77. The van der Waals surface area contributed by atoms with Gasteiger partial charge in [-0.1, -0.05) is 30.3 Å². The molecule has 0 spiro atoms. The van der Waals surface area contributed by atoms with Crippen molar-refractivity contribution in [1.82, 2.24) is 0 Å². The van der Waals surface area contributed by atoms with Gasteiger partial charge in [-0.25, -0.2) is 0 Å². The van der Waals surface area contributed by atoms with Crippen molar-refractivity contribution in [3.05, 3.63) is 103 Å². The number of rotatable bonds is 3. The minimum atomic E-state index is 1.29. The molecule has 0 unspecified atom stereocenters. The smallest absolute Gasteiger partial charge is 0.00704 e.